The zero-order valence-electron chi connectivity index (χ0n) is 10.8. The van der Waals surface area contributed by atoms with Gasteiger partial charge in [0.15, 0.2) is 0 Å². The number of hydrogen-bond acceptors (Lipinski definition) is 5. The summed E-state index contributed by atoms with van der Waals surface area (Å²) in [5.74, 6) is -0.202. The second kappa shape index (κ2) is 5.46. The molecule has 7 nitrogen and oxygen atoms in total. The molecule has 0 saturated carbocycles. The summed E-state index contributed by atoms with van der Waals surface area (Å²) in [4.78, 5) is 23.6. The Morgan fingerprint density at radius 3 is 2.33 bits per heavy atom. The van der Waals surface area contributed by atoms with Crippen molar-refractivity contribution >= 4 is 17.3 Å². The van der Waals surface area contributed by atoms with Crippen molar-refractivity contribution in [3.8, 4) is 0 Å². The van der Waals surface area contributed by atoms with Crippen molar-refractivity contribution in [1.82, 2.24) is 9.91 Å². The van der Waals surface area contributed by atoms with Gasteiger partial charge in [-0.3, -0.25) is 14.9 Å². The van der Waals surface area contributed by atoms with Crippen LogP contribution in [0.2, 0.25) is 0 Å². The van der Waals surface area contributed by atoms with Gasteiger partial charge < -0.3 is 10.3 Å². The molecule has 0 saturated heterocycles. The summed E-state index contributed by atoms with van der Waals surface area (Å²) in [6.45, 7) is 0. The molecule has 1 amide bonds. The Morgan fingerprint density at radius 2 is 1.89 bits per heavy atom. The van der Waals surface area contributed by atoms with Crippen LogP contribution in [0.4, 0.5) is 11.4 Å². The third-order valence-corrected chi connectivity index (χ3v) is 2.19. The average molecular weight is 252 g/mol. The molecule has 1 N–H and O–H groups in total. The maximum atomic E-state index is 11.8. The molecule has 0 bridgehead atoms. The SMILES string of the molecule is CN(C)Nc1cc(C(=O)N(C)C)ccc1[N+](=O)[O-]. The van der Waals surface area contributed by atoms with E-state index in [1.165, 1.54) is 23.1 Å². The highest BCUT2D eigenvalue weighted by atomic mass is 16.6. The molecule has 0 unspecified atom stereocenters. The standard InChI is InChI=1S/C11H16N4O3/c1-13(2)11(16)8-5-6-10(15(17)18)9(7-8)12-14(3)4/h5-7,12H,1-4H3. The first kappa shape index (κ1) is 13.9. The van der Waals surface area contributed by atoms with Gasteiger partial charge in [-0.25, -0.2) is 5.01 Å². The van der Waals surface area contributed by atoms with E-state index in [1.807, 2.05) is 0 Å². The largest absolute Gasteiger partial charge is 0.345 e. The van der Waals surface area contributed by atoms with Crippen LogP contribution in [0.3, 0.4) is 0 Å². The van der Waals surface area contributed by atoms with Crippen molar-refractivity contribution in [2.75, 3.05) is 33.6 Å². The summed E-state index contributed by atoms with van der Waals surface area (Å²) >= 11 is 0. The summed E-state index contributed by atoms with van der Waals surface area (Å²) < 4.78 is 0. The highest BCUT2D eigenvalue weighted by Gasteiger charge is 2.17. The summed E-state index contributed by atoms with van der Waals surface area (Å²) in [5, 5.41) is 12.4. The smallest absolute Gasteiger partial charge is 0.293 e. The first-order valence-corrected chi connectivity index (χ1v) is 5.27. The molecule has 0 fully saturated rings. The molecule has 1 aromatic carbocycles. The van der Waals surface area contributed by atoms with Gasteiger partial charge in [-0.1, -0.05) is 0 Å². The number of carbonyl (C=O) groups excluding carboxylic acids is 1. The van der Waals surface area contributed by atoms with E-state index in [0.29, 0.717) is 5.56 Å². The number of hydrazine groups is 1. The lowest BCUT2D eigenvalue weighted by atomic mass is 10.1. The van der Waals surface area contributed by atoms with Gasteiger partial charge in [0.05, 0.1) is 4.92 Å². The molecule has 18 heavy (non-hydrogen) atoms. The van der Waals surface area contributed by atoms with Gasteiger partial charge in [0.2, 0.25) is 0 Å². The molecule has 0 aliphatic carbocycles. The lowest BCUT2D eigenvalue weighted by molar-refractivity contribution is -0.384. The Hall–Kier alpha value is -2.15. The normalized spacial score (nSPS) is 10.3. The van der Waals surface area contributed by atoms with Crippen molar-refractivity contribution in [2.45, 2.75) is 0 Å². The Labute approximate surface area is 105 Å². The molecule has 0 aliphatic rings. The van der Waals surface area contributed by atoms with E-state index in [1.54, 1.807) is 33.2 Å². The number of amides is 1. The quantitative estimate of drug-likeness (QED) is 0.643. The van der Waals surface area contributed by atoms with Crippen molar-refractivity contribution in [3.63, 3.8) is 0 Å². The highest BCUT2D eigenvalue weighted by molar-refractivity contribution is 5.95. The van der Waals surface area contributed by atoms with Crippen LogP contribution >= 0.6 is 0 Å². The zero-order chi connectivity index (χ0) is 13.9. The number of nitro groups is 1. The predicted octanol–water partition coefficient (Wildman–Crippen LogP) is 1.19. The molecule has 1 aromatic rings. The molecule has 0 radical (unpaired) electrons. The second-order valence-corrected chi connectivity index (χ2v) is 4.19. The molecule has 7 heteroatoms. The van der Waals surface area contributed by atoms with Gasteiger partial charge in [-0.05, 0) is 12.1 Å². The van der Waals surface area contributed by atoms with E-state index in [4.69, 9.17) is 0 Å². The molecule has 0 aromatic heterocycles. The number of carbonyl (C=O) groups is 1. The Kier molecular flexibility index (Phi) is 4.22. The fourth-order valence-corrected chi connectivity index (χ4v) is 1.42. The monoisotopic (exact) mass is 252 g/mol. The van der Waals surface area contributed by atoms with Crippen LogP contribution in [-0.2, 0) is 0 Å². The number of nitrogens with one attached hydrogen (secondary N) is 1. The van der Waals surface area contributed by atoms with Crippen molar-refractivity contribution < 1.29 is 9.72 Å². The van der Waals surface area contributed by atoms with Crippen LogP contribution < -0.4 is 5.43 Å². The Bertz CT molecular complexity index is 471. The van der Waals surface area contributed by atoms with Crippen LogP contribution in [0.25, 0.3) is 0 Å². The third kappa shape index (κ3) is 3.17. The molecule has 1 rings (SSSR count). The van der Waals surface area contributed by atoms with E-state index in [2.05, 4.69) is 5.43 Å². The van der Waals surface area contributed by atoms with Crippen LogP contribution in [0.5, 0.6) is 0 Å². The number of benzene rings is 1. The minimum atomic E-state index is -0.490. The van der Waals surface area contributed by atoms with Gasteiger partial charge in [0, 0.05) is 39.8 Å². The van der Waals surface area contributed by atoms with Crippen molar-refractivity contribution in [2.24, 2.45) is 0 Å². The van der Waals surface area contributed by atoms with Gasteiger partial charge in [0.1, 0.15) is 5.69 Å². The van der Waals surface area contributed by atoms with E-state index >= 15 is 0 Å². The first-order valence-electron chi connectivity index (χ1n) is 5.27. The topological polar surface area (TPSA) is 78.7 Å². The van der Waals surface area contributed by atoms with E-state index in [-0.39, 0.29) is 17.3 Å². The number of hydrogen-bond donors (Lipinski definition) is 1. The molecular formula is C11H16N4O3. The predicted molar refractivity (Wildman–Crippen MR) is 68.4 cm³/mol. The number of nitrogens with zero attached hydrogens (tertiary/aromatic N) is 3. The Morgan fingerprint density at radius 1 is 1.28 bits per heavy atom. The summed E-state index contributed by atoms with van der Waals surface area (Å²) in [6, 6.07) is 4.24. The summed E-state index contributed by atoms with van der Waals surface area (Å²) in [6.07, 6.45) is 0. The molecule has 0 heterocycles. The lowest BCUT2D eigenvalue weighted by Gasteiger charge is -2.15. The second-order valence-electron chi connectivity index (χ2n) is 4.19. The van der Waals surface area contributed by atoms with Crippen LogP contribution in [0.15, 0.2) is 18.2 Å². The minimum Gasteiger partial charge on any atom is -0.345 e. The van der Waals surface area contributed by atoms with Gasteiger partial charge >= 0.3 is 0 Å². The maximum absolute atomic E-state index is 11.8. The maximum Gasteiger partial charge on any atom is 0.293 e. The summed E-state index contributed by atoms with van der Waals surface area (Å²) in [7, 11) is 6.68. The highest BCUT2D eigenvalue weighted by Crippen LogP contribution is 2.26. The van der Waals surface area contributed by atoms with E-state index < -0.39 is 4.92 Å². The molecule has 0 atom stereocenters. The molecule has 0 spiro atoms. The van der Waals surface area contributed by atoms with Crippen molar-refractivity contribution in [1.29, 1.82) is 0 Å². The van der Waals surface area contributed by atoms with Crippen molar-refractivity contribution in [3.05, 3.63) is 33.9 Å². The Balaban J connectivity index is 3.20. The fourth-order valence-electron chi connectivity index (χ4n) is 1.42. The number of rotatable bonds is 4. The van der Waals surface area contributed by atoms with E-state index in [9.17, 15) is 14.9 Å². The number of nitro benzene ring substituents is 1. The van der Waals surface area contributed by atoms with Gasteiger partial charge in [0.25, 0.3) is 11.6 Å². The molecular weight excluding hydrogens is 236 g/mol. The van der Waals surface area contributed by atoms with Crippen LogP contribution in [0, 0.1) is 10.1 Å². The first-order chi connectivity index (χ1) is 8.32. The third-order valence-electron chi connectivity index (χ3n) is 2.19. The lowest BCUT2D eigenvalue weighted by Crippen LogP contribution is -2.23. The fraction of sp³-hybridized carbons (Fsp3) is 0.364. The van der Waals surface area contributed by atoms with Crippen LogP contribution in [-0.4, -0.2) is 48.9 Å². The number of anilines is 1. The molecule has 98 valence electrons. The zero-order valence-corrected chi connectivity index (χ0v) is 10.8. The average Bonchev–Trinajstić information content (AvgIpc) is 2.26. The van der Waals surface area contributed by atoms with Crippen LogP contribution in [0.1, 0.15) is 10.4 Å². The van der Waals surface area contributed by atoms with Gasteiger partial charge in [-0.2, -0.15) is 0 Å². The minimum absolute atomic E-state index is 0.0704. The summed E-state index contributed by atoms with van der Waals surface area (Å²) in [5.41, 5.74) is 3.43. The van der Waals surface area contributed by atoms with Gasteiger partial charge in [-0.15, -0.1) is 0 Å². The molecule has 0 aliphatic heterocycles. The van der Waals surface area contributed by atoms with E-state index in [0.717, 1.165) is 0 Å².